The maximum absolute atomic E-state index is 12.0. The van der Waals surface area contributed by atoms with Gasteiger partial charge in [0.1, 0.15) is 5.75 Å². The maximum atomic E-state index is 12.0. The first-order valence-corrected chi connectivity index (χ1v) is 6.95. The van der Waals surface area contributed by atoms with Crippen molar-refractivity contribution in [2.45, 2.75) is 19.9 Å². The molecule has 3 N–H and O–H groups in total. The number of ketones is 1. The number of carbonyl (C=O) groups is 2. The highest BCUT2D eigenvalue weighted by atomic mass is 16.5. The Kier molecular flexibility index (Phi) is 3.36. The van der Waals surface area contributed by atoms with E-state index in [-0.39, 0.29) is 11.8 Å². The van der Waals surface area contributed by atoms with Gasteiger partial charge in [0.15, 0.2) is 5.78 Å². The lowest BCUT2D eigenvalue weighted by Crippen LogP contribution is -2.44. The molecule has 6 heteroatoms. The first-order chi connectivity index (χ1) is 10.5. The quantitative estimate of drug-likeness (QED) is 0.813. The minimum absolute atomic E-state index is 0.0766. The summed E-state index contributed by atoms with van der Waals surface area (Å²) in [7, 11) is 1.60. The third-order valence-corrected chi connectivity index (χ3v) is 3.88. The summed E-state index contributed by atoms with van der Waals surface area (Å²) in [6, 6.07) is 4.86. The zero-order valence-electron chi connectivity index (χ0n) is 12.6. The first kappa shape index (κ1) is 14.2. The van der Waals surface area contributed by atoms with Crippen LogP contribution < -0.4 is 15.4 Å². The minimum Gasteiger partial charge on any atom is -0.497 e. The molecule has 22 heavy (non-hydrogen) atoms. The molecule has 2 aromatic rings. The molecule has 0 bridgehead atoms. The molecule has 0 aliphatic carbocycles. The zero-order valence-corrected chi connectivity index (χ0v) is 12.6. The van der Waals surface area contributed by atoms with Gasteiger partial charge in [-0.3, -0.25) is 4.79 Å². The Morgan fingerprint density at radius 1 is 1.32 bits per heavy atom. The van der Waals surface area contributed by atoms with Crippen LogP contribution in [0.25, 0.3) is 10.9 Å². The molecule has 1 unspecified atom stereocenters. The fourth-order valence-corrected chi connectivity index (χ4v) is 2.88. The number of hydrogen-bond acceptors (Lipinski definition) is 3. The largest absolute Gasteiger partial charge is 0.497 e. The number of Topliss-reactive ketones (excluding diaryl/α,β-unsaturated/α-hetero) is 1. The normalized spacial score (nSPS) is 18.1. The van der Waals surface area contributed by atoms with Crippen LogP contribution >= 0.6 is 0 Å². The average molecular weight is 299 g/mol. The monoisotopic (exact) mass is 299 g/mol. The lowest BCUT2D eigenvalue weighted by molar-refractivity contribution is -0.114. The Bertz CT molecular complexity index is 804. The minimum atomic E-state index is -0.480. The molecule has 1 atom stereocenters. The number of hydrogen-bond donors (Lipinski definition) is 3. The van der Waals surface area contributed by atoms with E-state index in [0.29, 0.717) is 11.3 Å². The number of urea groups is 1. The molecule has 2 heterocycles. The number of ether oxygens (including phenoxy) is 1. The average Bonchev–Trinajstić information content (AvgIpc) is 2.88. The van der Waals surface area contributed by atoms with Crippen molar-refractivity contribution in [3.05, 3.63) is 41.2 Å². The van der Waals surface area contributed by atoms with Crippen molar-refractivity contribution in [1.82, 2.24) is 15.6 Å². The second-order valence-electron chi connectivity index (χ2n) is 5.28. The predicted octanol–water partition coefficient (Wildman–Crippen LogP) is 2.39. The molecule has 1 aromatic heterocycles. The third kappa shape index (κ3) is 2.22. The fourth-order valence-electron chi connectivity index (χ4n) is 2.88. The van der Waals surface area contributed by atoms with Gasteiger partial charge < -0.3 is 20.4 Å². The van der Waals surface area contributed by atoms with E-state index in [9.17, 15) is 9.59 Å². The molecule has 1 aliphatic heterocycles. The van der Waals surface area contributed by atoms with Gasteiger partial charge in [-0.25, -0.2) is 4.79 Å². The molecule has 0 fully saturated rings. The number of benzene rings is 1. The van der Waals surface area contributed by atoms with Crippen LogP contribution in [0.4, 0.5) is 4.79 Å². The molecule has 1 aromatic carbocycles. The lowest BCUT2D eigenvalue weighted by Gasteiger charge is -2.27. The van der Waals surface area contributed by atoms with Gasteiger partial charge >= 0.3 is 6.03 Å². The van der Waals surface area contributed by atoms with Crippen molar-refractivity contribution in [1.29, 1.82) is 0 Å². The van der Waals surface area contributed by atoms with Crippen molar-refractivity contribution >= 4 is 22.7 Å². The molecule has 2 amide bonds. The van der Waals surface area contributed by atoms with Crippen LogP contribution in [0, 0.1) is 0 Å². The number of rotatable bonds is 3. The predicted molar refractivity (Wildman–Crippen MR) is 82.6 cm³/mol. The first-order valence-electron chi connectivity index (χ1n) is 6.95. The zero-order chi connectivity index (χ0) is 15.9. The molecule has 0 radical (unpaired) electrons. The van der Waals surface area contributed by atoms with Gasteiger partial charge in [0.05, 0.1) is 13.2 Å². The number of carbonyl (C=O) groups excluding carboxylic acids is 2. The second-order valence-corrected chi connectivity index (χ2v) is 5.28. The molecule has 6 nitrogen and oxygen atoms in total. The lowest BCUT2D eigenvalue weighted by atomic mass is 9.93. The highest BCUT2D eigenvalue weighted by Gasteiger charge is 2.30. The van der Waals surface area contributed by atoms with Gasteiger partial charge in [-0.15, -0.1) is 0 Å². The van der Waals surface area contributed by atoms with Crippen LogP contribution in [-0.2, 0) is 4.79 Å². The maximum Gasteiger partial charge on any atom is 0.319 e. The van der Waals surface area contributed by atoms with Crippen molar-refractivity contribution in [3.63, 3.8) is 0 Å². The van der Waals surface area contributed by atoms with E-state index < -0.39 is 6.04 Å². The van der Waals surface area contributed by atoms with Gasteiger partial charge in [0, 0.05) is 33.9 Å². The fraction of sp³-hybridized carbons (Fsp3) is 0.250. The van der Waals surface area contributed by atoms with Crippen molar-refractivity contribution in [2.75, 3.05) is 7.11 Å². The number of aromatic amines is 1. The summed E-state index contributed by atoms with van der Waals surface area (Å²) in [4.78, 5) is 27.0. The van der Waals surface area contributed by atoms with Gasteiger partial charge in [-0.2, -0.15) is 0 Å². The molecule has 0 saturated heterocycles. The van der Waals surface area contributed by atoms with Gasteiger partial charge in [0.25, 0.3) is 0 Å². The topological polar surface area (TPSA) is 83.2 Å². The Hall–Kier alpha value is -2.76. The summed E-state index contributed by atoms with van der Waals surface area (Å²) in [5, 5.41) is 6.38. The highest BCUT2D eigenvalue weighted by molar-refractivity contribution is 6.00. The molecule has 0 saturated carbocycles. The van der Waals surface area contributed by atoms with Gasteiger partial charge in [0.2, 0.25) is 0 Å². The van der Waals surface area contributed by atoms with Crippen LogP contribution in [0.15, 0.2) is 35.7 Å². The van der Waals surface area contributed by atoms with E-state index in [4.69, 9.17) is 4.74 Å². The molecular formula is C16H17N3O3. The number of methoxy groups -OCH3 is 1. The summed E-state index contributed by atoms with van der Waals surface area (Å²) >= 11 is 0. The van der Waals surface area contributed by atoms with E-state index in [1.165, 1.54) is 6.92 Å². The van der Waals surface area contributed by atoms with Crippen molar-refractivity contribution in [2.24, 2.45) is 0 Å². The van der Waals surface area contributed by atoms with Gasteiger partial charge in [-0.1, -0.05) is 0 Å². The van der Waals surface area contributed by atoms with Crippen LogP contribution in [0.3, 0.4) is 0 Å². The summed E-state index contributed by atoms with van der Waals surface area (Å²) in [6.07, 6.45) is 1.82. The van der Waals surface area contributed by atoms with E-state index in [1.807, 2.05) is 24.4 Å². The standard InChI is InChI=1S/C16H17N3O3/c1-8-14(9(2)20)15(19-16(21)18-8)12-7-17-13-5-4-10(22-3)6-11(12)13/h4-7,15,17H,1-3H3,(H2,18,19,21). The van der Waals surface area contributed by atoms with E-state index in [2.05, 4.69) is 15.6 Å². The number of fused-ring (bicyclic) bond motifs is 1. The van der Waals surface area contributed by atoms with Crippen molar-refractivity contribution in [3.8, 4) is 5.75 Å². The molecule has 0 spiro atoms. The Morgan fingerprint density at radius 2 is 2.09 bits per heavy atom. The van der Waals surface area contributed by atoms with Crippen molar-refractivity contribution < 1.29 is 14.3 Å². The molecule has 114 valence electrons. The van der Waals surface area contributed by atoms with E-state index in [0.717, 1.165) is 22.2 Å². The van der Waals surface area contributed by atoms with Crippen LogP contribution in [-0.4, -0.2) is 23.9 Å². The third-order valence-electron chi connectivity index (χ3n) is 3.88. The smallest absolute Gasteiger partial charge is 0.319 e. The second kappa shape index (κ2) is 5.22. The van der Waals surface area contributed by atoms with Crippen LogP contribution in [0.1, 0.15) is 25.5 Å². The molecule has 3 rings (SSSR count). The van der Waals surface area contributed by atoms with Crippen LogP contribution in [0.5, 0.6) is 5.75 Å². The Morgan fingerprint density at radius 3 is 2.77 bits per heavy atom. The number of amides is 2. The van der Waals surface area contributed by atoms with E-state index >= 15 is 0 Å². The van der Waals surface area contributed by atoms with E-state index in [1.54, 1.807) is 14.0 Å². The number of nitrogens with one attached hydrogen (secondary N) is 3. The SMILES string of the molecule is COc1ccc2[nH]cc(C3NC(=O)NC(C)=C3C(C)=O)c2c1. The number of aromatic nitrogens is 1. The summed E-state index contributed by atoms with van der Waals surface area (Å²) in [5.74, 6) is 0.644. The highest BCUT2D eigenvalue weighted by Crippen LogP contribution is 2.33. The number of H-pyrrole nitrogens is 1. The Balaban J connectivity index is 2.18. The van der Waals surface area contributed by atoms with Crippen LogP contribution in [0.2, 0.25) is 0 Å². The molecule has 1 aliphatic rings. The van der Waals surface area contributed by atoms with Gasteiger partial charge in [-0.05, 0) is 32.0 Å². The Labute approximate surface area is 127 Å². The summed E-state index contributed by atoms with van der Waals surface area (Å²) < 4.78 is 5.26. The molecular weight excluding hydrogens is 282 g/mol. The summed E-state index contributed by atoms with van der Waals surface area (Å²) in [5.41, 5.74) is 2.90. The summed E-state index contributed by atoms with van der Waals surface area (Å²) in [6.45, 7) is 3.23. The number of allylic oxidation sites excluding steroid dienone is 1.